The summed E-state index contributed by atoms with van der Waals surface area (Å²) in [5.74, 6) is -1.42. The number of anilines is 2. The molecule has 3 amide bonds. The lowest BCUT2D eigenvalue weighted by molar-refractivity contribution is -0.140. The summed E-state index contributed by atoms with van der Waals surface area (Å²) < 4.78 is 27.1. The first-order valence-corrected chi connectivity index (χ1v) is 12.0. The highest BCUT2D eigenvalue weighted by atomic mass is 32.2. The van der Waals surface area contributed by atoms with E-state index in [0.29, 0.717) is 18.5 Å². The van der Waals surface area contributed by atoms with Crippen LogP contribution in [0.15, 0.2) is 52.9 Å². The van der Waals surface area contributed by atoms with E-state index in [1.165, 1.54) is 35.4 Å². The Kier molecular flexibility index (Phi) is 5.88. The van der Waals surface area contributed by atoms with Gasteiger partial charge in [0, 0.05) is 30.2 Å². The number of thiazole rings is 1. The Morgan fingerprint density at radius 1 is 1.10 bits per heavy atom. The van der Waals surface area contributed by atoms with Gasteiger partial charge in [-0.15, -0.1) is 11.3 Å². The maximum atomic E-state index is 12.4. The van der Waals surface area contributed by atoms with Crippen molar-refractivity contribution >= 4 is 49.9 Å². The second kappa shape index (κ2) is 8.60. The molecule has 1 aliphatic carbocycles. The van der Waals surface area contributed by atoms with Gasteiger partial charge in [0.1, 0.15) is 0 Å². The van der Waals surface area contributed by atoms with E-state index in [1.807, 2.05) is 12.2 Å². The van der Waals surface area contributed by atoms with E-state index in [4.69, 9.17) is 0 Å². The third kappa shape index (κ3) is 4.52. The number of hydrogen-bond donors (Lipinski definition) is 2. The molecular formula is C20H20N4O5S2. The number of rotatable bonds is 7. The Hall–Kier alpha value is -3.05. The van der Waals surface area contributed by atoms with E-state index in [2.05, 4.69) is 15.0 Å². The Bertz CT molecular complexity index is 1100. The first-order valence-electron chi connectivity index (χ1n) is 9.67. The van der Waals surface area contributed by atoms with Crippen molar-refractivity contribution < 1.29 is 22.8 Å². The molecule has 1 aromatic carbocycles. The standard InChI is InChI=1S/C20H20N4O5S2/c25-17(9-11-24-18(26)15-3-1-2-4-16(15)19(24)27)22-13-5-7-14(8-6-13)31(28,29)23-20-21-10-12-30-20/h1-2,5-8,10,12,15-16H,3-4,9,11H2,(H,21,23)(H,22,25)/t15-,16-/m1/s1. The number of sulfonamides is 1. The summed E-state index contributed by atoms with van der Waals surface area (Å²) in [6.07, 6.45) is 6.41. The predicted molar refractivity (Wildman–Crippen MR) is 115 cm³/mol. The minimum atomic E-state index is -3.77. The van der Waals surface area contributed by atoms with Crippen molar-refractivity contribution in [3.63, 3.8) is 0 Å². The molecule has 31 heavy (non-hydrogen) atoms. The van der Waals surface area contributed by atoms with Crippen molar-refractivity contribution in [2.24, 2.45) is 11.8 Å². The number of hydrogen-bond acceptors (Lipinski definition) is 7. The minimum Gasteiger partial charge on any atom is -0.326 e. The second-order valence-electron chi connectivity index (χ2n) is 7.25. The summed E-state index contributed by atoms with van der Waals surface area (Å²) in [4.78, 5) is 42.3. The number of aromatic nitrogens is 1. The van der Waals surface area contributed by atoms with Crippen LogP contribution in [0, 0.1) is 11.8 Å². The third-order valence-corrected chi connectivity index (χ3v) is 7.44. The monoisotopic (exact) mass is 460 g/mol. The van der Waals surface area contributed by atoms with E-state index in [0.717, 1.165) is 11.3 Å². The van der Waals surface area contributed by atoms with E-state index < -0.39 is 10.0 Å². The average molecular weight is 461 g/mol. The topological polar surface area (TPSA) is 126 Å². The number of likely N-dealkylation sites (tertiary alicyclic amines) is 1. The molecule has 2 atom stereocenters. The number of imide groups is 1. The van der Waals surface area contributed by atoms with E-state index in [9.17, 15) is 22.8 Å². The maximum Gasteiger partial charge on any atom is 0.263 e. The number of nitrogens with one attached hydrogen (secondary N) is 2. The Morgan fingerprint density at radius 3 is 2.32 bits per heavy atom. The molecule has 0 saturated carbocycles. The van der Waals surface area contributed by atoms with Crippen LogP contribution >= 0.6 is 11.3 Å². The highest BCUT2D eigenvalue weighted by Gasteiger charge is 2.46. The van der Waals surface area contributed by atoms with Gasteiger partial charge in [0.25, 0.3) is 10.0 Å². The number of carbonyl (C=O) groups is 3. The predicted octanol–water partition coefficient (Wildman–Crippen LogP) is 2.22. The number of nitrogens with zero attached hydrogens (tertiary/aromatic N) is 2. The number of fused-ring (bicyclic) bond motifs is 1. The summed E-state index contributed by atoms with van der Waals surface area (Å²) in [6.45, 7) is 0.0285. The van der Waals surface area contributed by atoms with Crippen LogP contribution in [0.3, 0.4) is 0 Å². The van der Waals surface area contributed by atoms with Gasteiger partial charge in [-0.2, -0.15) is 0 Å². The Balaban J connectivity index is 1.32. The maximum absolute atomic E-state index is 12.4. The highest BCUT2D eigenvalue weighted by Crippen LogP contribution is 2.35. The van der Waals surface area contributed by atoms with Gasteiger partial charge in [0.2, 0.25) is 17.7 Å². The fourth-order valence-electron chi connectivity index (χ4n) is 3.69. The molecule has 0 unspecified atom stereocenters. The smallest absolute Gasteiger partial charge is 0.263 e. The lowest BCUT2D eigenvalue weighted by Gasteiger charge is -2.14. The van der Waals surface area contributed by atoms with Crippen molar-refractivity contribution in [2.45, 2.75) is 24.2 Å². The van der Waals surface area contributed by atoms with Gasteiger partial charge < -0.3 is 5.32 Å². The van der Waals surface area contributed by atoms with Crippen LogP contribution in [0.4, 0.5) is 10.8 Å². The number of carbonyl (C=O) groups excluding carboxylic acids is 3. The van der Waals surface area contributed by atoms with Gasteiger partial charge >= 0.3 is 0 Å². The molecule has 1 fully saturated rings. The van der Waals surface area contributed by atoms with Gasteiger partial charge in [0.15, 0.2) is 5.13 Å². The Morgan fingerprint density at radius 2 is 1.74 bits per heavy atom. The molecule has 2 aliphatic rings. The van der Waals surface area contributed by atoms with Crippen molar-refractivity contribution in [3.8, 4) is 0 Å². The molecule has 9 nitrogen and oxygen atoms in total. The summed E-state index contributed by atoms with van der Waals surface area (Å²) in [5, 5.41) is 4.58. The summed E-state index contributed by atoms with van der Waals surface area (Å²) in [5.41, 5.74) is 0.412. The lowest BCUT2D eigenvalue weighted by Crippen LogP contribution is -2.34. The van der Waals surface area contributed by atoms with Gasteiger partial charge in [0.05, 0.1) is 16.7 Å². The lowest BCUT2D eigenvalue weighted by atomic mass is 9.85. The van der Waals surface area contributed by atoms with Crippen LogP contribution in [-0.4, -0.2) is 42.6 Å². The molecule has 1 saturated heterocycles. The van der Waals surface area contributed by atoms with Gasteiger partial charge in [-0.1, -0.05) is 12.2 Å². The molecule has 0 bridgehead atoms. The SMILES string of the molecule is O=C(CCN1C(=O)[C@@H]2CC=CC[C@H]2C1=O)Nc1ccc(S(=O)(=O)Nc2nccs2)cc1. The van der Waals surface area contributed by atoms with Crippen molar-refractivity contribution in [1.82, 2.24) is 9.88 Å². The number of allylic oxidation sites excluding steroid dienone is 2. The van der Waals surface area contributed by atoms with Crippen molar-refractivity contribution in [3.05, 3.63) is 48.0 Å². The molecule has 2 N–H and O–H groups in total. The molecule has 11 heteroatoms. The van der Waals surface area contributed by atoms with Crippen molar-refractivity contribution in [1.29, 1.82) is 0 Å². The zero-order valence-electron chi connectivity index (χ0n) is 16.4. The summed E-state index contributed by atoms with van der Waals surface area (Å²) in [6, 6.07) is 5.69. The molecule has 162 valence electrons. The fraction of sp³-hybridized carbons (Fsp3) is 0.300. The van der Waals surface area contributed by atoms with Crippen LogP contribution in [0.25, 0.3) is 0 Å². The normalized spacial score (nSPS) is 20.6. The van der Waals surface area contributed by atoms with Gasteiger partial charge in [-0.3, -0.25) is 24.0 Å². The van der Waals surface area contributed by atoms with Crippen molar-refractivity contribution in [2.75, 3.05) is 16.6 Å². The molecule has 1 aromatic heterocycles. The molecule has 2 aromatic rings. The second-order valence-corrected chi connectivity index (χ2v) is 9.83. The zero-order valence-corrected chi connectivity index (χ0v) is 18.0. The van der Waals surface area contributed by atoms with Crippen LogP contribution in [0.2, 0.25) is 0 Å². The number of amides is 3. The number of benzene rings is 1. The molecule has 4 rings (SSSR count). The van der Waals surface area contributed by atoms with Crippen LogP contribution in [0.5, 0.6) is 0 Å². The Labute approximate surface area is 183 Å². The van der Waals surface area contributed by atoms with Gasteiger partial charge in [-0.25, -0.2) is 13.4 Å². The molecule has 1 aliphatic heterocycles. The summed E-state index contributed by atoms with van der Waals surface area (Å²) >= 11 is 1.16. The molecule has 2 heterocycles. The quantitative estimate of drug-likeness (QED) is 0.482. The molecular weight excluding hydrogens is 440 g/mol. The third-order valence-electron chi connectivity index (χ3n) is 5.26. The average Bonchev–Trinajstić information content (AvgIpc) is 3.34. The fourth-order valence-corrected chi connectivity index (χ4v) is 5.48. The van der Waals surface area contributed by atoms with Gasteiger partial charge in [-0.05, 0) is 37.1 Å². The van der Waals surface area contributed by atoms with Crippen LogP contribution in [-0.2, 0) is 24.4 Å². The zero-order chi connectivity index (χ0) is 22.0. The molecule has 0 spiro atoms. The first kappa shape index (κ1) is 21.2. The largest absolute Gasteiger partial charge is 0.326 e. The van der Waals surface area contributed by atoms with E-state index in [-0.39, 0.29) is 52.5 Å². The first-order chi connectivity index (χ1) is 14.8. The van der Waals surface area contributed by atoms with Crippen LogP contribution in [0.1, 0.15) is 19.3 Å². The minimum absolute atomic E-state index is 0.0285. The van der Waals surface area contributed by atoms with Crippen LogP contribution < -0.4 is 10.0 Å². The van der Waals surface area contributed by atoms with E-state index in [1.54, 1.807) is 5.38 Å². The molecule has 0 radical (unpaired) electrons. The highest BCUT2D eigenvalue weighted by molar-refractivity contribution is 7.93. The summed E-state index contributed by atoms with van der Waals surface area (Å²) in [7, 11) is -3.77. The van der Waals surface area contributed by atoms with E-state index >= 15 is 0 Å².